The van der Waals surface area contributed by atoms with Gasteiger partial charge >= 0.3 is 0 Å². The molecule has 1 aromatic heterocycles. The number of hydrogen-bond acceptors (Lipinski definition) is 5. The summed E-state index contributed by atoms with van der Waals surface area (Å²) in [6, 6.07) is 4.77. The van der Waals surface area contributed by atoms with Gasteiger partial charge in [-0.3, -0.25) is 9.10 Å². The smallest absolute Gasteiger partial charge is 0.261 e. The lowest BCUT2D eigenvalue weighted by atomic mass is 10.0. The van der Waals surface area contributed by atoms with E-state index in [-0.39, 0.29) is 17.6 Å². The number of aryl methyl sites for hydroxylation is 1. The van der Waals surface area contributed by atoms with Crippen LogP contribution in [0.4, 0.5) is 11.4 Å². The second-order valence-electron chi connectivity index (χ2n) is 6.52. The lowest BCUT2D eigenvalue weighted by Gasteiger charge is -2.19. The number of amides is 1. The summed E-state index contributed by atoms with van der Waals surface area (Å²) in [5.41, 5.74) is 1.72. The lowest BCUT2D eigenvalue weighted by Crippen LogP contribution is -2.25. The highest BCUT2D eigenvalue weighted by Crippen LogP contribution is 2.34. The van der Waals surface area contributed by atoms with Gasteiger partial charge in [0.25, 0.3) is 5.91 Å². The number of benzene rings is 1. The van der Waals surface area contributed by atoms with Crippen LogP contribution in [0.25, 0.3) is 0 Å². The minimum atomic E-state index is -3.36. The Morgan fingerprint density at radius 1 is 1.38 bits per heavy atom. The first kappa shape index (κ1) is 18.7. The molecule has 140 valence electrons. The molecule has 26 heavy (non-hydrogen) atoms. The maximum atomic E-state index is 12.7. The standard InChI is InChI=1S/C17H20ClN3O4S/c1-10(2)16-15(11(3)20-25-16)17(22)19-12-5-6-13(18)14(9-12)21-7-4-8-26(21,23)24/h5-6,9-10H,4,7-8H2,1-3H3,(H,19,22). The van der Waals surface area contributed by atoms with Crippen LogP contribution in [0.2, 0.25) is 5.02 Å². The molecule has 0 spiro atoms. The van der Waals surface area contributed by atoms with Crippen LogP contribution in [0.1, 0.15) is 48.0 Å². The van der Waals surface area contributed by atoms with Gasteiger partial charge in [0.05, 0.1) is 22.2 Å². The summed E-state index contributed by atoms with van der Waals surface area (Å²) in [5, 5.41) is 6.97. The molecule has 9 heteroatoms. The highest BCUT2D eigenvalue weighted by Gasteiger charge is 2.30. The first-order valence-electron chi connectivity index (χ1n) is 8.28. The van der Waals surface area contributed by atoms with Crippen LogP contribution >= 0.6 is 11.6 Å². The molecule has 3 rings (SSSR count). The molecule has 2 heterocycles. The van der Waals surface area contributed by atoms with Gasteiger partial charge in [-0.15, -0.1) is 0 Å². The van der Waals surface area contributed by atoms with Crippen LogP contribution < -0.4 is 9.62 Å². The van der Waals surface area contributed by atoms with Gasteiger partial charge in [-0.25, -0.2) is 8.42 Å². The van der Waals surface area contributed by atoms with Crippen LogP contribution in [0.5, 0.6) is 0 Å². The van der Waals surface area contributed by atoms with Crippen molar-refractivity contribution in [3.63, 3.8) is 0 Å². The molecule has 1 aromatic carbocycles. The van der Waals surface area contributed by atoms with Gasteiger partial charge in [0.1, 0.15) is 5.56 Å². The molecule has 0 bridgehead atoms. The first-order chi connectivity index (χ1) is 12.2. The van der Waals surface area contributed by atoms with E-state index in [0.29, 0.717) is 46.4 Å². The molecular weight excluding hydrogens is 378 g/mol. The molecule has 1 fully saturated rings. The number of carbonyl (C=O) groups excluding carboxylic acids is 1. The zero-order chi connectivity index (χ0) is 19.1. The normalized spacial score (nSPS) is 16.3. The maximum Gasteiger partial charge on any atom is 0.261 e. The number of halogens is 1. The highest BCUT2D eigenvalue weighted by molar-refractivity contribution is 7.93. The van der Waals surface area contributed by atoms with Crippen LogP contribution in [0.15, 0.2) is 22.7 Å². The quantitative estimate of drug-likeness (QED) is 0.851. The Kier molecular flexibility index (Phi) is 4.98. The summed E-state index contributed by atoms with van der Waals surface area (Å²) in [4.78, 5) is 12.7. The summed E-state index contributed by atoms with van der Waals surface area (Å²) in [6.45, 7) is 5.90. The van der Waals surface area contributed by atoms with Crippen LogP contribution in [0, 0.1) is 6.92 Å². The average Bonchev–Trinajstić information content (AvgIpc) is 3.11. The number of nitrogens with one attached hydrogen (secondary N) is 1. The van der Waals surface area contributed by atoms with Gasteiger partial charge < -0.3 is 9.84 Å². The van der Waals surface area contributed by atoms with Crippen molar-refractivity contribution in [2.75, 3.05) is 21.9 Å². The van der Waals surface area contributed by atoms with Gasteiger partial charge in [-0.2, -0.15) is 0 Å². The second-order valence-corrected chi connectivity index (χ2v) is 8.94. The molecule has 0 unspecified atom stereocenters. The molecule has 0 atom stereocenters. The predicted molar refractivity (Wildman–Crippen MR) is 100 cm³/mol. The van der Waals surface area contributed by atoms with E-state index in [0.717, 1.165) is 0 Å². The molecule has 2 aromatic rings. The highest BCUT2D eigenvalue weighted by atomic mass is 35.5. The van der Waals surface area contributed by atoms with Crippen LogP contribution in [-0.4, -0.2) is 31.8 Å². The molecular formula is C17H20ClN3O4S. The van der Waals surface area contributed by atoms with Crippen molar-refractivity contribution in [3.8, 4) is 0 Å². The van der Waals surface area contributed by atoms with Gasteiger partial charge in [-0.1, -0.05) is 30.6 Å². The van der Waals surface area contributed by atoms with E-state index in [2.05, 4.69) is 10.5 Å². The number of carbonyl (C=O) groups is 1. The minimum absolute atomic E-state index is 0.00692. The summed E-state index contributed by atoms with van der Waals surface area (Å²) in [5.74, 6) is 0.256. The van der Waals surface area contributed by atoms with Crippen molar-refractivity contribution in [1.29, 1.82) is 0 Å². The Labute approximate surface area is 157 Å². The summed E-state index contributed by atoms with van der Waals surface area (Å²) in [7, 11) is -3.36. The third kappa shape index (κ3) is 3.43. The third-order valence-corrected chi connectivity index (χ3v) is 6.39. The Hall–Kier alpha value is -2.06. The monoisotopic (exact) mass is 397 g/mol. The summed E-state index contributed by atoms with van der Waals surface area (Å²) < 4.78 is 30.9. The van der Waals surface area contributed by atoms with E-state index in [1.54, 1.807) is 25.1 Å². The number of hydrogen-bond donors (Lipinski definition) is 1. The van der Waals surface area contributed by atoms with E-state index in [1.807, 2.05) is 13.8 Å². The third-order valence-electron chi connectivity index (χ3n) is 4.21. The van der Waals surface area contributed by atoms with Crippen molar-refractivity contribution < 1.29 is 17.7 Å². The molecule has 0 aliphatic carbocycles. The molecule has 1 aliphatic heterocycles. The molecule has 1 saturated heterocycles. The van der Waals surface area contributed by atoms with E-state index in [4.69, 9.17) is 16.1 Å². The van der Waals surface area contributed by atoms with Gasteiger partial charge in [0.15, 0.2) is 5.76 Å². The molecule has 1 aliphatic rings. The Balaban J connectivity index is 1.91. The SMILES string of the molecule is Cc1noc(C(C)C)c1C(=O)Nc1ccc(Cl)c(N2CCCS2(=O)=O)c1. The van der Waals surface area contributed by atoms with Gasteiger partial charge in [0, 0.05) is 18.2 Å². The van der Waals surface area contributed by atoms with Crippen LogP contribution in [0.3, 0.4) is 0 Å². The van der Waals surface area contributed by atoms with Gasteiger partial charge in [0.2, 0.25) is 10.0 Å². The summed E-state index contributed by atoms with van der Waals surface area (Å²) in [6.07, 6.45) is 0.548. The number of aromatic nitrogens is 1. The van der Waals surface area contributed by atoms with Gasteiger partial charge in [-0.05, 0) is 31.5 Å². The zero-order valence-corrected chi connectivity index (χ0v) is 16.3. The lowest BCUT2D eigenvalue weighted by molar-refractivity contribution is 0.102. The van der Waals surface area contributed by atoms with Crippen molar-refractivity contribution >= 4 is 38.9 Å². The molecule has 7 nitrogen and oxygen atoms in total. The zero-order valence-electron chi connectivity index (χ0n) is 14.7. The Morgan fingerprint density at radius 2 is 2.12 bits per heavy atom. The van der Waals surface area contributed by atoms with E-state index >= 15 is 0 Å². The van der Waals surface area contributed by atoms with Crippen molar-refractivity contribution in [1.82, 2.24) is 5.16 Å². The molecule has 0 radical (unpaired) electrons. The number of anilines is 2. The fraction of sp³-hybridized carbons (Fsp3) is 0.412. The summed E-state index contributed by atoms with van der Waals surface area (Å²) >= 11 is 6.19. The van der Waals surface area contributed by atoms with E-state index in [1.165, 1.54) is 4.31 Å². The Bertz CT molecular complexity index is 953. The first-order valence-corrected chi connectivity index (χ1v) is 10.3. The fourth-order valence-corrected chi connectivity index (χ4v) is 4.78. The molecule has 1 amide bonds. The van der Waals surface area contributed by atoms with E-state index < -0.39 is 10.0 Å². The Morgan fingerprint density at radius 3 is 2.73 bits per heavy atom. The predicted octanol–water partition coefficient (Wildman–Crippen LogP) is 3.55. The fourth-order valence-electron chi connectivity index (χ4n) is 2.94. The number of nitrogens with zero attached hydrogens (tertiary/aromatic N) is 2. The number of sulfonamides is 1. The van der Waals surface area contributed by atoms with Crippen LogP contribution in [-0.2, 0) is 10.0 Å². The van der Waals surface area contributed by atoms with Crippen molar-refractivity contribution in [2.45, 2.75) is 33.1 Å². The van der Waals surface area contributed by atoms with Crippen molar-refractivity contribution in [3.05, 3.63) is 40.2 Å². The minimum Gasteiger partial charge on any atom is -0.360 e. The maximum absolute atomic E-state index is 12.7. The molecule has 0 saturated carbocycles. The average molecular weight is 398 g/mol. The van der Waals surface area contributed by atoms with E-state index in [9.17, 15) is 13.2 Å². The van der Waals surface area contributed by atoms with Crippen molar-refractivity contribution in [2.24, 2.45) is 0 Å². The second kappa shape index (κ2) is 6.92. The topological polar surface area (TPSA) is 92.5 Å². The largest absolute Gasteiger partial charge is 0.360 e. The number of rotatable bonds is 4. The molecule has 1 N–H and O–H groups in total.